The fourth-order valence-corrected chi connectivity index (χ4v) is 4.59. The lowest BCUT2D eigenvalue weighted by atomic mass is 10.1. The van der Waals surface area contributed by atoms with E-state index in [-0.39, 0.29) is 16.9 Å². The maximum atomic E-state index is 14.0. The lowest BCUT2D eigenvalue weighted by Crippen LogP contribution is -2.34. The molecule has 1 unspecified atom stereocenters. The average Bonchev–Trinajstić information content (AvgIpc) is 3.24. The monoisotopic (exact) mass is 476 g/mol. The minimum atomic E-state index is -0.626. The van der Waals surface area contributed by atoms with E-state index in [4.69, 9.17) is 10.7 Å². The van der Waals surface area contributed by atoms with Crippen molar-refractivity contribution in [3.8, 4) is 5.69 Å². The lowest BCUT2D eigenvalue weighted by Gasteiger charge is -2.20. The summed E-state index contributed by atoms with van der Waals surface area (Å²) in [6, 6.07) is 21.9. The van der Waals surface area contributed by atoms with E-state index in [1.807, 2.05) is 66.7 Å². The maximum Gasteiger partial charge on any atom is 0.362 e. The number of carbonyl (C=O) groups excluding carboxylic acids is 1. The first-order valence-corrected chi connectivity index (χ1v) is 11.5. The quantitative estimate of drug-likeness (QED) is 0.267. The highest BCUT2D eigenvalue weighted by Gasteiger charge is 2.27. The molecular formula is C27H22N7O2+. The molecule has 9 nitrogen and oxygen atoms in total. The number of fused-ring (bicyclic) bond motifs is 4. The third-order valence-electron chi connectivity index (χ3n) is 6.24. The summed E-state index contributed by atoms with van der Waals surface area (Å²) in [7, 11) is 0. The molecule has 0 saturated carbocycles. The van der Waals surface area contributed by atoms with E-state index in [0.717, 1.165) is 10.8 Å². The topological polar surface area (TPSA) is 123 Å². The van der Waals surface area contributed by atoms with E-state index in [0.29, 0.717) is 28.1 Å². The Morgan fingerprint density at radius 1 is 1.06 bits per heavy atom. The highest BCUT2D eigenvalue weighted by molar-refractivity contribution is 6.06. The number of nitrogens with zero attached hydrogens (tertiary/aromatic N) is 4. The highest BCUT2D eigenvalue weighted by Crippen LogP contribution is 2.25. The number of nitrogens with two attached hydrogens (primary N) is 1. The fraction of sp³-hybridized carbons (Fsp3) is 0.0741. The van der Waals surface area contributed by atoms with Gasteiger partial charge in [0.05, 0.1) is 22.6 Å². The van der Waals surface area contributed by atoms with Crippen molar-refractivity contribution < 1.29 is 9.31 Å². The minimum Gasteiger partial charge on any atom is -0.382 e. The van der Waals surface area contributed by atoms with Gasteiger partial charge >= 0.3 is 5.65 Å². The molecule has 4 N–H and O–H groups in total. The Kier molecular flexibility index (Phi) is 4.96. The van der Waals surface area contributed by atoms with Crippen molar-refractivity contribution in [1.82, 2.24) is 25.0 Å². The zero-order valence-electron chi connectivity index (χ0n) is 19.3. The van der Waals surface area contributed by atoms with E-state index in [2.05, 4.69) is 15.4 Å². The summed E-state index contributed by atoms with van der Waals surface area (Å²) in [6.45, 7) is 1.79. The number of carbonyl (C=O) groups is 1. The van der Waals surface area contributed by atoms with Crippen LogP contribution in [0.1, 0.15) is 29.1 Å². The number of aromatic amines is 1. The molecule has 1 atom stereocenters. The van der Waals surface area contributed by atoms with Crippen LogP contribution in [0.4, 0.5) is 5.82 Å². The van der Waals surface area contributed by atoms with Gasteiger partial charge in [-0.25, -0.2) is 10.1 Å². The number of hydrogen-bond donors (Lipinski definition) is 3. The second-order valence-electron chi connectivity index (χ2n) is 8.54. The van der Waals surface area contributed by atoms with Gasteiger partial charge in [0.15, 0.2) is 11.4 Å². The number of aromatic nitrogens is 5. The molecule has 0 aliphatic rings. The Bertz CT molecular complexity index is 1840. The van der Waals surface area contributed by atoms with E-state index < -0.39 is 11.9 Å². The van der Waals surface area contributed by atoms with Crippen LogP contribution in [0.3, 0.4) is 0 Å². The second kappa shape index (κ2) is 8.31. The van der Waals surface area contributed by atoms with Crippen molar-refractivity contribution in [1.29, 1.82) is 0 Å². The molecule has 3 aromatic carbocycles. The number of para-hydroxylation sites is 1. The van der Waals surface area contributed by atoms with Crippen LogP contribution >= 0.6 is 0 Å². The predicted molar refractivity (Wildman–Crippen MR) is 137 cm³/mol. The number of hydrogen-bond acceptors (Lipinski definition) is 5. The molecule has 3 aromatic heterocycles. The lowest BCUT2D eigenvalue weighted by molar-refractivity contribution is -0.577. The summed E-state index contributed by atoms with van der Waals surface area (Å²) in [5, 5.41) is 8.18. The molecule has 6 rings (SSSR count). The van der Waals surface area contributed by atoms with Gasteiger partial charge in [0.25, 0.3) is 11.5 Å². The smallest absolute Gasteiger partial charge is 0.362 e. The van der Waals surface area contributed by atoms with E-state index in [9.17, 15) is 9.59 Å². The molecule has 3 heterocycles. The number of H-pyrrole nitrogens is 1. The molecule has 0 fully saturated rings. The minimum absolute atomic E-state index is 0.191. The molecule has 0 saturated heterocycles. The van der Waals surface area contributed by atoms with Gasteiger partial charge in [0.2, 0.25) is 0 Å². The van der Waals surface area contributed by atoms with Crippen LogP contribution in [-0.4, -0.2) is 25.5 Å². The SMILES string of the molecule is CC(NC(=O)c1c(N)[nH][n+]2cccnc12)c1nc2ccc3ccccc3c2c(=O)n1-c1ccccc1. The number of nitrogen functional groups attached to an aromatic ring is 1. The molecule has 0 aliphatic heterocycles. The summed E-state index contributed by atoms with van der Waals surface area (Å²) in [5.41, 5.74) is 7.73. The van der Waals surface area contributed by atoms with Crippen LogP contribution in [-0.2, 0) is 0 Å². The third-order valence-corrected chi connectivity index (χ3v) is 6.24. The number of rotatable bonds is 4. The van der Waals surface area contributed by atoms with Gasteiger partial charge in [-0.3, -0.25) is 14.2 Å². The Balaban J connectivity index is 1.52. The van der Waals surface area contributed by atoms with Crippen LogP contribution in [0.5, 0.6) is 0 Å². The zero-order chi connectivity index (χ0) is 24.8. The van der Waals surface area contributed by atoms with Crippen LogP contribution in [0.15, 0.2) is 90.0 Å². The first-order chi connectivity index (χ1) is 17.5. The first-order valence-electron chi connectivity index (χ1n) is 11.5. The van der Waals surface area contributed by atoms with Crippen LogP contribution in [0.2, 0.25) is 0 Å². The molecule has 0 bridgehead atoms. The average molecular weight is 477 g/mol. The largest absolute Gasteiger partial charge is 0.382 e. The number of nitrogens with one attached hydrogen (secondary N) is 2. The molecule has 0 aliphatic carbocycles. The highest BCUT2D eigenvalue weighted by atomic mass is 16.2. The molecule has 1 amide bonds. The Morgan fingerprint density at radius 3 is 2.67 bits per heavy atom. The Hall–Kier alpha value is -5.05. The molecule has 9 heteroatoms. The summed E-state index contributed by atoms with van der Waals surface area (Å²) in [5.74, 6) is 0.170. The van der Waals surface area contributed by atoms with Gasteiger partial charge in [-0.1, -0.05) is 48.5 Å². The van der Waals surface area contributed by atoms with E-state index >= 15 is 0 Å². The molecule has 6 aromatic rings. The van der Waals surface area contributed by atoms with Gasteiger partial charge in [0, 0.05) is 6.07 Å². The standard InChI is InChI=1S/C27H21N7O2/c1-16(30-26(35)22-23(28)32-33-15-7-14-29-25(22)33)24-31-20-13-12-17-8-5-6-11-19(17)21(20)27(36)34(24)18-9-3-2-4-10-18/h2-16H,1H3,(H3,28,30,32,35)/p+1. The number of benzene rings is 3. The van der Waals surface area contributed by atoms with Crippen LogP contribution in [0, 0.1) is 0 Å². The summed E-state index contributed by atoms with van der Waals surface area (Å²) in [4.78, 5) is 36.4. The summed E-state index contributed by atoms with van der Waals surface area (Å²) in [6.07, 6.45) is 3.31. The van der Waals surface area contributed by atoms with Gasteiger partial charge in [0.1, 0.15) is 18.2 Å². The normalized spacial score (nSPS) is 12.2. The Labute approximate surface area is 204 Å². The van der Waals surface area contributed by atoms with Gasteiger partial charge in [-0.15, -0.1) is 4.52 Å². The van der Waals surface area contributed by atoms with Crippen molar-refractivity contribution in [2.24, 2.45) is 0 Å². The fourth-order valence-electron chi connectivity index (χ4n) is 4.59. The molecular weight excluding hydrogens is 454 g/mol. The van der Waals surface area contributed by atoms with Gasteiger partial charge in [-0.05, 0) is 40.9 Å². The molecule has 0 spiro atoms. The molecule has 176 valence electrons. The van der Waals surface area contributed by atoms with E-state index in [1.165, 1.54) is 0 Å². The van der Waals surface area contributed by atoms with Gasteiger partial charge in [-0.2, -0.15) is 0 Å². The molecule has 0 radical (unpaired) electrons. The van der Waals surface area contributed by atoms with Crippen molar-refractivity contribution >= 4 is 39.0 Å². The van der Waals surface area contributed by atoms with Crippen molar-refractivity contribution in [3.63, 3.8) is 0 Å². The third kappa shape index (κ3) is 3.37. The maximum absolute atomic E-state index is 14.0. The van der Waals surface area contributed by atoms with Crippen molar-refractivity contribution in [3.05, 3.63) is 107 Å². The molecule has 36 heavy (non-hydrogen) atoms. The van der Waals surface area contributed by atoms with Crippen LogP contribution < -0.4 is 21.1 Å². The number of amides is 1. The summed E-state index contributed by atoms with van der Waals surface area (Å²) >= 11 is 0. The predicted octanol–water partition coefficient (Wildman–Crippen LogP) is 3.07. The Morgan fingerprint density at radius 2 is 1.83 bits per heavy atom. The van der Waals surface area contributed by atoms with Crippen LogP contribution in [0.25, 0.3) is 33.0 Å². The first kappa shape index (κ1) is 21.5. The zero-order valence-corrected chi connectivity index (χ0v) is 19.3. The second-order valence-corrected chi connectivity index (χ2v) is 8.54. The van der Waals surface area contributed by atoms with Gasteiger partial charge < -0.3 is 11.1 Å². The van der Waals surface area contributed by atoms with Crippen molar-refractivity contribution in [2.75, 3.05) is 5.73 Å². The number of anilines is 1. The van der Waals surface area contributed by atoms with E-state index in [1.54, 1.807) is 34.5 Å². The summed E-state index contributed by atoms with van der Waals surface area (Å²) < 4.78 is 3.14. The van der Waals surface area contributed by atoms with Crippen molar-refractivity contribution in [2.45, 2.75) is 13.0 Å².